The summed E-state index contributed by atoms with van der Waals surface area (Å²) in [6, 6.07) is 4.90. The third-order valence-electron chi connectivity index (χ3n) is 4.23. The van der Waals surface area contributed by atoms with E-state index in [4.69, 9.17) is 11.6 Å². The van der Waals surface area contributed by atoms with E-state index in [1.54, 1.807) is 18.2 Å². The Labute approximate surface area is 153 Å². The van der Waals surface area contributed by atoms with Crippen LogP contribution in [0.4, 0.5) is 11.6 Å². The maximum absolute atomic E-state index is 12.6. The van der Waals surface area contributed by atoms with Gasteiger partial charge in [0.1, 0.15) is 0 Å². The molecule has 1 saturated heterocycles. The molecule has 0 aliphatic carbocycles. The largest absolute Gasteiger partial charge is 0.341 e. The number of halogens is 1. The Balaban J connectivity index is 1.63. The first-order valence-electron chi connectivity index (χ1n) is 8.18. The molecule has 0 bridgehead atoms. The van der Waals surface area contributed by atoms with Gasteiger partial charge in [0.25, 0.3) is 11.5 Å². The van der Waals surface area contributed by atoms with Crippen molar-refractivity contribution in [3.05, 3.63) is 51.8 Å². The Bertz CT molecular complexity index is 1040. The Morgan fingerprint density at radius 3 is 2.85 bits per heavy atom. The second kappa shape index (κ2) is 6.72. The lowest BCUT2D eigenvalue weighted by Gasteiger charge is -2.16. The van der Waals surface area contributed by atoms with Crippen molar-refractivity contribution in [2.24, 2.45) is 0 Å². The second-order valence-corrected chi connectivity index (χ2v) is 6.39. The zero-order chi connectivity index (χ0) is 18.1. The molecule has 3 aromatic rings. The molecule has 3 heterocycles. The lowest BCUT2D eigenvalue weighted by Crippen LogP contribution is -2.23. The van der Waals surface area contributed by atoms with Crippen molar-refractivity contribution in [2.75, 3.05) is 23.3 Å². The standard InChI is InChI=1S/C17H15ClN6O2/c18-12-8-19-17(24-5-1-2-6-24)23-14(12)16(26)22-10-3-4-13-11(7-10)15(25)21-9-20-13/h3-4,7-9H,1-2,5-6H2,(H,22,26)(H,20,21,25). The van der Waals surface area contributed by atoms with Gasteiger partial charge in [-0.25, -0.2) is 15.0 Å². The third-order valence-corrected chi connectivity index (χ3v) is 4.51. The van der Waals surface area contributed by atoms with E-state index in [0.29, 0.717) is 22.5 Å². The summed E-state index contributed by atoms with van der Waals surface area (Å²) >= 11 is 6.11. The van der Waals surface area contributed by atoms with Gasteiger partial charge in [-0.05, 0) is 31.0 Å². The number of amides is 1. The summed E-state index contributed by atoms with van der Waals surface area (Å²) in [7, 11) is 0. The fourth-order valence-electron chi connectivity index (χ4n) is 2.92. The number of hydrogen-bond acceptors (Lipinski definition) is 6. The molecule has 1 amide bonds. The van der Waals surface area contributed by atoms with E-state index in [9.17, 15) is 9.59 Å². The number of carbonyl (C=O) groups excluding carboxylic acids is 1. The molecule has 1 aromatic carbocycles. The van der Waals surface area contributed by atoms with Gasteiger partial charge in [0.05, 0.1) is 28.4 Å². The summed E-state index contributed by atoms with van der Waals surface area (Å²) < 4.78 is 0. The average molecular weight is 371 g/mol. The van der Waals surface area contributed by atoms with E-state index in [1.807, 2.05) is 4.90 Å². The van der Waals surface area contributed by atoms with Gasteiger partial charge in [-0.2, -0.15) is 0 Å². The van der Waals surface area contributed by atoms with Crippen LogP contribution in [0.2, 0.25) is 5.02 Å². The minimum Gasteiger partial charge on any atom is -0.341 e. The molecule has 1 aliphatic heterocycles. The molecule has 1 fully saturated rings. The van der Waals surface area contributed by atoms with Gasteiger partial charge in [-0.15, -0.1) is 0 Å². The number of aromatic amines is 1. The maximum atomic E-state index is 12.6. The van der Waals surface area contributed by atoms with E-state index in [2.05, 4.69) is 25.3 Å². The third kappa shape index (κ3) is 3.11. The quantitative estimate of drug-likeness (QED) is 0.732. The SMILES string of the molecule is O=C(Nc1ccc2nc[nH]c(=O)c2c1)c1nc(N2CCCC2)ncc1Cl. The zero-order valence-electron chi connectivity index (χ0n) is 13.7. The number of rotatable bonds is 3. The summed E-state index contributed by atoms with van der Waals surface area (Å²) in [6.07, 6.45) is 4.93. The van der Waals surface area contributed by atoms with Crippen molar-refractivity contribution in [3.8, 4) is 0 Å². The van der Waals surface area contributed by atoms with Crippen molar-refractivity contribution in [1.82, 2.24) is 19.9 Å². The summed E-state index contributed by atoms with van der Waals surface area (Å²) in [5.41, 5.74) is 0.827. The first-order chi connectivity index (χ1) is 12.6. The lowest BCUT2D eigenvalue weighted by molar-refractivity contribution is 0.102. The number of nitrogens with one attached hydrogen (secondary N) is 2. The number of benzene rings is 1. The fourth-order valence-corrected chi connectivity index (χ4v) is 3.10. The van der Waals surface area contributed by atoms with Gasteiger partial charge in [-0.3, -0.25) is 9.59 Å². The van der Waals surface area contributed by atoms with Gasteiger partial charge in [0.2, 0.25) is 5.95 Å². The number of nitrogens with zero attached hydrogens (tertiary/aromatic N) is 4. The van der Waals surface area contributed by atoms with Gasteiger partial charge in [-0.1, -0.05) is 11.6 Å². The highest BCUT2D eigenvalue weighted by molar-refractivity contribution is 6.34. The molecular formula is C17H15ClN6O2. The molecule has 0 spiro atoms. The van der Waals surface area contributed by atoms with Gasteiger partial charge in [0, 0.05) is 18.8 Å². The zero-order valence-corrected chi connectivity index (χ0v) is 14.5. The molecular weight excluding hydrogens is 356 g/mol. The van der Waals surface area contributed by atoms with Crippen molar-refractivity contribution < 1.29 is 4.79 Å². The summed E-state index contributed by atoms with van der Waals surface area (Å²) in [4.78, 5) is 41.6. The summed E-state index contributed by atoms with van der Waals surface area (Å²) in [5.74, 6) is 0.0359. The molecule has 0 radical (unpaired) electrons. The van der Waals surface area contributed by atoms with E-state index in [-0.39, 0.29) is 16.3 Å². The molecule has 0 atom stereocenters. The van der Waals surface area contributed by atoms with Crippen LogP contribution in [0.3, 0.4) is 0 Å². The van der Waals surface area contributed by atoms with Crippen molar-refractivity contribution in [3.63, 3.8) is 0 Å². The smallest absolute Gasteiger partial charge is 0.276 e. The molecule has 4 rings (SSSR count). The van der Waals surface area contributed by atoms with Crippen LogP contribution in [0.15, 0.2) is 35.5 Å². The van der Waals surface area contributed by atoms with Crippen molar-refractivity contribution >= 4 is 40.0 Å². The number of carbonyl (C=O) groups is 1. The minimum atomic E-state index is -0.461. The number of aromatic nitrogens is 4. The normalized spacial score (nSPS) is 14.0. The van der Waals surface area contributed by atoms with E-state index >= 15 is 0 Å². The van der Waals surface area contributed by atoms with E-state index in [1.165, 1.54) is 12.5 Å². The molecule has 2 aromatic heterocycles. The van der Waals surface area contributed by atoms with Crippen LogP contribution in [0.5, 0.6) is 0 Å². The molecule has 2 N–H and O–H groups in total. The first-order valence-corrected chi connectivity index (χ1v) is 8.56. The number of fused-ring (bicyclic) bond motifs is 1. The van der Waals surface area contributed by atoms with Gasteiger partial charge in [0.15, 0.2) is 5.69 Å². The highest BCUT2D eigenvalue weighted by Crippen LogP contribution is 2.21. The predicted molar refractivity (Wildman–Crippen MR) is 98.8 cm³/mol. The highest BCUT2D eigenvalue weighted by Gasteiger charge is 2.20. The number of H-pyrrole nitrogens is 1. The molecule has 1 aliphatic rings. The van der Waals surface area contributed by atoms with E-state index in [0.717, 1.165) is 25.9 Å². The molecule has 0 unspecified atom stereocenters. The van der Waals surface area contributed by atoms with Crippen LogP contribution in [0.1, 0.15) is 23.3 Å². The molecule has 132 valence electrons. The van der Waals surface area contributed by atoms with Gasteiger partial charge >= 0.3 is 0 Å². The maximum Gasteiger partial charge on any atom is 0.276 e. The Kier molecular flexibility index (Phi) is 4.26. The molecule has 9 heteroatoms. The first kappa shape index (κ1) is 16.5. The van der Waals surface area contributed by atoms with Crippen molar-refractivity contribution in [1.29, 1.82) is 0 Å². The average Bonchev–Trinajstić information content (AvgIpc) is 3.17. The van der Waals surface area contributed by atoms with Crippen LogP contribution in [0, 0.1) is 0 Å². The summed E-state index contributed by atoms with van der Waals surface area (Å²) in [5, 5.41) is 3.28. The van der Waals surface area contributed by atoms with Crippen LogP contribution >= 0.6 is 11.6 Å². The molecule has 26 heavy (non-hydrogen) atoms. The number of anilines is 2. The van der Waals surface area contributed by atoms with Crippen LogP contribution in [0.25, 0.3) is 10.9 Å². The van der Waals surface area contributed by atoms with E-state index < -0.39 is 5.91 Å². The molecule has 0 saturated carbocycles. The van der Waals surface area contributed by atoms with Crippen LogP contribution < -0.4 is 15.8 Å². The minimum absolute atomic E-state index is 0.101. The van der Waals surface area contributed by atoms with Crippen LogP contribution in [-0.4, -0.2) is 38.9 Å². The highest BCUT2D eigenvalue weighted by atomic mass is 35.5. The topological polar surface area (TPSA) is 104 Å². The Morgan fingerprint density at radius 1 is 1.23 bits per heavy atom. The Morgan fingerprint density at radius 2 is 2.04 bits per heavy atom. The summed E-state index contributed by atoms with van der Waals surface area (Å²) in [6.45, 7) is 1.73. The monoisotopic (exact) mass is 370 g/mol. The number of hydrogen-bond donors (Lipinski definition) is 2. The fraction of sp³-hybridized carbons (Fsp3) is 0.235. The van der Waals surface area contributed by atoms with Crippen molar-refractivity contribution in [2.45, 2.75) is 12.8 Å². The lowest BCUT2D eigenvalue weighted by atomic mass is 10.2. The van der Waals surface area contributed by atoms with Gasteiger partial charge < -0.3 is 15.2 Å². The van der Waals surface area contributed by atoms with Crippen LogP contribution in [-0.2, 0) is 0 Å². The molecule has 8 nitrogen and oxygen atoms in total. The second-order valence-electron chi connectivity index (χ2n) is 5.98. The predicted octanol–water partition coefficient (Wildman–Crippen LogP) is 2.22. The Hall–Kier alpha value is -3.00.